The maximum absolute atomic E-state index is 14.0. The van der Waals surface area contributed by atoms with Crippen molar-refractivity contribution in [2.75, 3.05) is 26.2 Å². The van der Waals surface area contributed by atoms with E-state index < -0.39 is 5.54 Å². The van der Waals surface area contributed by atoms with Gasteiger partial charge in [0.2, 0.25) is 5.91 Å². The van der Waals surface area contributed by atoms with Gasteiger partial charge in [0.1, 0.15) is 11.4 Å². The quantitative estimate of drug-likeness (QED) is 0.386. The first-order valence-electron chi connectivity index (χ1n) is 13.7. The monoisotopic (exact) mass is 525 g/mol. The average molecular weight is 526 g/mol. The third-order valence-electron chi connectivity index (χ3n) is 7.29. The highest BCUT2D eigenvalue weighted by Crippen LogP contribution is 2.26. The Bertz CT molecular complexity index is 1300. The molecule has 1 amide bonds. The summed E-state index contributed by atoms with van der Waals surface area (Å²) in [6.07, 6.45) is 17.5. The highest BCUT2D eigenvalue weighted by atomic mass is 16.2. The van der Waals surface area contributed by atoms with Crippen LogP contribution in [0.5, 0.6) is 0 Å². The minimum absolute atomic E-state index is 0.0335. The van der Waals surface area contributed by atoms with Gasteiger partial charge in [0.15, 0.2) is 0 Å². The van der Waals surface area contributed by atoms with Crippen LogP contribution in [0.1, 0.15) is 51.7 Å². The van der Waals surface area contributed by atoms with Crippen LogP contribution in [0.15, 0.2) is 81.7 Å². The number of carbonyl (C=O) groups excluding carboxylic acids is 1. The zero-order chi connectivity index (χ0) is 28.0. The van der Waals surface area contributed by atoms with Crippen LogP contribution in [-0.4, -0.2) is 65.1 Å². The number of hydrogen-bond donors (Lipinski definition) is 2. The molecule has 4 rings (SSSR count). The summed E-state index contributed by atoms with van der Waals surface area (Å²) >= 11 is 0. The molecule has 0 saturated heterocycles. The molecular weight excluding hydrogens is 484 g/mol. The van der Waals surface area contributed by atoms with E-state index in [1.54, 1.807) is 0 Å². The molecule has 1 aromatic rings. The predicted octanol–water partition coefficient (Wildman–Crippen LogP) is 4.76. The van der Waals surface area contributed by atoms with Crippen LogP contribution in [0.25, 0.3) is 6.08 Å². The number of amidine groups is 1. The number of amides is 1. The first kappa shape index (κ1) is 28.6. The zero-order valence-electron chi connectivity index (χ0n) is 23.9. The Hall–Kier alpha value is -3.42. The van der Waals surface area contributed by atoms with Crippen molar-refractivity contribution >= 4 is 23.5 Å². The van der Waals surface area contributed by atoms with E-state index in [1.807, 2.05) is 61.9 Å². The van der Waals surface area contributed by atoms with Crippen molar-refractivity contribution in [1.29, 1.82) is 0 Å². The van der Waals surface area contributed by atoms with Crippen molar-refractivity contribution in [3.05, 3.63) is 89.3 Å². The molecule has 0 spiro atoms. The molecule has 1 aliphatic carbocycles. The van der Waals surface area contributed by atoms with Crippen LogP contribution in [0.4, 0.5) is 0 Å². The molecule has 0 saturated carbocycles. The van der Waals surface area contributed by atoms with E-state index in [0.717, 1.165) is 46.9 Å². The van der Waals surface area contributed by atoms with Crippen LogP contribution >= 0.6 is 0 Å². The van der Waals surface area contributed by atoms with E-state index in [9.17, 15) is 4.79 Å². The molecular formula is C32H41N6O. The number of hydrogen-bond acceptors (Lipinski definition) is 6. The Kier molecular flexibility index (Phi) is 9.25. The second-order valence-electron chi connectivity index (χ2n) is 11.0. The zero-order valence-corrected chi connectivity index (χ0v) is 23.9. The van der Waals surface area contributed by atoms with Crippen molar-refractivity contribution in [3.8, 4) is 0 Å². The first-order valence-corrected chi connectivity index (χ1v) is 13.7. The summed E-state index contributed by atoms with van der Waals surface area (Å²) in [5.41, 5.74) is 6.86. The van der Waals surface area contributed by atoms with Gasteiger partial charge < -0.3 is 5.32 Å². The fourth-order valence-electron chi connectivity index (χ4n) is 4.99. The largest absolute Gasteiger partial charge is 0.309 e. The van der Waals surface area contributed by atoms with Gasteiger partial charge in [-0.05, 0) is 58.2 Å². The van der Waals surface area contributed by atoms with E-state index >= 15 is 0 Å². The van der Waals surface area contributed by atoms with Crippen molar-refractivity contribution in [2.24, 2.45) is 9.98 Å². The first-order chi connectivity index (χ1) is 18.7. The predicted molar refractivity (Wildman–Crippen MR) is 162 cm³/mol. The maximum Gasteiger partial charge on any atom is 0.250 e. The van der Waals surface area contributed by atoms with Gasteiger partial charge in [0, 0.05) is 62.2 Å². The molecule has 1 unspecified atom stereocenters. The molecule has 2 N–H and O–H groups in total. The van der Waals surface area contributed by atoms with Crippen LogP contribution in [0.3, 0.4) is 0 Å². The third kappa shape index (κ3) is 7.16. The van der Waals surface area contributed by atoms with E-state index in [0.29, 0.717) is 26.1 Å². The highest BCUT2D eigenvalue weighted by Gasteiger charge is 2.43. The maximum atomic E-state index is 14.0. The molecule has 7 heteroatoms. The lowest BCUT2D eigenvalue weighted by Crippen LogP contribution is -2.64. The van der Waals surface area contributed by atoms with Gasteiger partial charge in [0.05, 0.1) is 12.2 Å². The Morgan fingerprint density at radius 1 is 1.28 bits per heavy atom. The van der Waals surface area contributed by atoms with Crippen molar-refractivity contribution in [3.63, 3.8) is 0 Å². The van der Waals surface area contributed by atoms with E-state index in [-0.39, 0.29) is 11.9 Å². The van der Waals surface area contributed by atoms with Crippen molar-refractivity contribution in [1.82, 2.24) is 20.5 Å². The number of aryl methyl sites for hydroxylation is 1. The molecule has 205 valence electrons. The Balaban J connectivity index is 1.37. The topological polar surface area (TPSA) is 82.0 Å². The lowest BCUT2D eigenvalue weighted by atomic mass is 9.94. The number of nitrogens with zero attached hydrogens (tertiary/aromatic N) is 4. The second kappa shape index (κ2) is 12.6. The average Bonchev–Trinajstić information content (AvgIpc) is 3.59. The number of allylic oxidation sites excluding steroid dienone is 4. The van der Waals surface area contributed by atoms with Gasteiger partial charge in [-0.3, -0.25) is 30.0 Å². The molecule has 0 fully saturated rings. The Labute approximate surface area is 233 Å². The van der Waals surface area contributed by atoms with Gasteiger partial charge in [-0.25, -0.2) is 0 Å². The Morgan fingerprint density at radius 2 is 2.10 bits per heavy atom. The summed E-state index contributed by atoms with van der Waals surface area (Å²) in [5.74, 6) is 0.767. The van der Waals surface area contributed by atoms with Gasteiger partial charge in [-0.15, -0.1) is 0 Å². The van der Waals surface area contributed by atoms with Gasteiger partial charge in [0.25, 0.3) is 0 Å². The second-order valence-corrected chi connectivity index (χ2v) is 11.0. The number of nitrogens with one attached hydrogen (secondary N) is 2. The van der Waals surface area contributed by atoms with Gasteiger partial charge >= 0.3 is 0 Å². The number of aromatic nitrogens is 1. The Morgan fingerprint density at radius 3 is 2.79 bits per heavy atom. The number of rotatable bonds is 12. The summed E-state index contributed by atoms with van der Waals surface area (Å²) in [7, 11) is 0. The molecule has 2 aliphatic heterocycles. The molecule has 7 nitrogen and oxygen atoms in total. The molecule has 1 aromatic heterocycles. The normalized spacial score (nSPS) is 22.0. The summed E-state index contributed by atoms with van der Waals surface area (Å²) in [6.45, 7) is 16.9. The minimum Gasteiger partial charge on any atom is -0.309 e. The molecule has 3 heterocycles. The van der Waals surface area contributed by atoms with Gasteiger partial charge in [-0.2, -0.15) is 0 Å². The third-order valence-corrected chi connectivity index (χ3v) is 7.29. The number of pyridine rings is 1. The number of aliphatic imine (C=N–C) groups is 2. The highest BCUT2D eigenvalue weighted by molar-refractivity contribution is 6.13. The van der Waals surface area contributed by atoms with Crippen LogP contribution < -0.4 is 10.6 Å². The van der Waals surface area contributed by atoms with Crippen LogP contribution in [0.2, 0.25) is 0 Å². The number of carbonyl (C=O) groups is 1. The van der Waals surface area contributed by atoms with E-state index in [2.05, 4.69) is 60.1 Å². The molecule has 3 aliphatic rings. The molecule has 0 aromatic carbocycles. The molecule has 1 radical (unpaired) electrons. The van der Waals surface area contributed by atoms with Gasteiger partial charge in [-0.1, -0.05) is 48.1 Å². The smallest absolute Gasteiger partial charge is 0.250 e. The van der Waals surface area contributed by atoms with Crippen LogP contribution in [0, 0.1) is 13.3 Å². The standard InChI is InChI=1S/C32H41N6O/c1-22(18-34-19-23(2)17-28-20-33-15-13-24(28)3)14-16-38-30(27-9-7-8-10-27)35-21-32(6,31(38)39)37-26(5)29-12-11-25(4)36-29/h7-10,12-13,15,17,20,26,34,37H,1,11,14,16,18-19,21H2,2-6H3/b23-17+/t26-,32?/m1/s1. The fourth-order valence-corrected chi connectivity index (χ4v) is 4.99. The summed E-state index contributed by atoms with van der Waals surface area (Å²) in [6, 6.07) is 1.98. The summed E-state index contributed by atoms with van der Waals surface area (Å²) < 4.78 is 0. The minimum atomic E-state index is -0.811. The molecule has 0 bridgehead atoms. The van der Waals surface area contributed by atoms with Crippen LogP contribution in [-0.2, 0) is 4.79 Å². The lowest BCUT2D eigenvalue weighted by molar-refractivity contribution is -0.134. The van der Waals surface area contributed by atoms with Crippen molar-refractivity contribution in [2.45, 2.75) is 59.0 Å². The SMILES string of the molecule is C=C(CCN1C(=O)C(C)(N[C@H](C)C2=CCC(C)=N2)CN=C1C1=CC=C[CH]1)CNC/C(C)=C/c1cnccc1C. The summed E-state index contributed by atoms with van der Waals surface area (Å²) in [4.78, 5) is 29.6. The van der Waals surface area contributed by atoms with E-state index in [4.69, 9.17) is 4.99 Å². The summed E-state index contributed by atoms with van der Waals surface area (Å²) in [5, 5.41) is 7.03. The molecule has 39 heavy (non-hydrogen) atoms. The molecule has 2 atom stereocenters. The fraction of sp³-hybridized carbons (Fsp3) is 0.406. The lowest BCUT2D eigenvalue weighted by Gasteiger charge is -2.40. The van der Waals surface area contributed by atoms with Crippen molar-refractivity contribution < 1.29 is 4.79 Å². The van der Waals surface area contributed by atoms with E-state index in [1.165, 1.54) is 11.1 Å².